The Kier molecular flexibility index (Phi) is 6.34. The van der Waals surface area contributed by atoms with Crippen LogP contribution in [0, 0.1) is 0 Å². The minimum Gasteiger partial charge on any atom is -0.394 e. The van der Waals surface area contributed by atoms with Gasteiger partial charge in [-0.2, -0.15) is 4.98 Å². The van der Waals surface area contributed by atoms with Gasteiger partial charge in [0.15, 0.2) is 0 Å². The number of aliphatic hydroxyl groups is 1. The van der Waals surface area contributed by atoms with Crippen molar-refractivity contribution in [2.75, 3.05) is 50.6 Å². The highest BCUT2D eigenvalue weighted by Gasteiger charge is 2.26. The number of nitrogens with one attached hydrogen (secondary N) is 1. The summed E-state index contributed by atoms with van der Waals surface area (Å²) in [6, 6.07) is 6.05. The Bertz CT molecular complexity index is 1160. The van der Waals surface area contributed by atoms with Crippen LogP contribution < -0.4 is 10.2 Å². The predicted octanol–water partition coefficient (Wildman–Crippen LogP) is 2.58. The minimum atomic E-state index is -0.174. The second kappa shape index (κ2) is 9.55. The number of ether oxygens (including phenoxy) is 1. The molecule has 10 heteroatoms. The number of anilines is 3. The van der Waals surface area contributed by atoms with Crippen molar-refractivity contribution in [3.05, 3.63) is 36.3 Å². The number of pyridine rings is 1. The first-order chi connectivity index (χ1) is 16.5. The van der Waals surface area contributed by atoms with E-state index in [9.17, 15) is 9.90 Å². The van der Waals surface area contributed by atoms with Gasteiger partial charge in [0.1, 0.15) is 17.2 Å². The third-order valence-electron chi connectivity index (χ3n) is 6.59. The van der Waals surface area contributed by atoms with E-state index in [1.54, 1.807) is 31.4 Å². The fourth-order valence-electron chi connectivity index (χ4n) is 4.82. The highest BCUT2D eigenvalue weighted by Crippen LogP contribution is 2.35. The number of rotatable bonds is 6. The van der Waals surface area contributed by atoms with Gasteiger partial charge in [-0.1, -0.05) is 12.8 Å². The summed E-state index contributed by atoms with van der Waals surface area (Å²) in [7, 11) is 3.54. The topological polar surface area (TPSA) is 109 Å². The summed E-state index contributed by atoms with van der Waals surface area (Å²) in [5.41, 5.74) is 2.41. The number of hydrogen-bond donors (Lipinski definition) is 2. The third-order valence-corrected chi connectivity index (χ3v) is 6.59. The first kappa shape index (κ1) is 22.5. The average molecular weight is 466 g/mol. The predicted molar refractivity (Wildman–Crippen MR) is 130 cm³/mol. The van der Waals surface area contributed by atoms with Crippen molar-refractivity contribution < 1.29 is 14.6 Å². The molecule has 0 unspecified atom stereocenters. The van der Waals surface area contributed by atoms with Gasteiger partial charge in [-0.15, -0.1) is 0 Å². The molecule has 2 N–H and O–H groups in total. The molecule has 5 rings (SSSR count). The maximum atomic E-state index is 12.9. The van der Waals surface area contributed by atoms with Crippen LogP contribution >= 0.6 is 0 Å². The SMILES string of the molecule is CN(C)C(=O)c1cc2cnc(Nc3ccc(N4CCO[C@@H](CO)C4)cn3)nc2n1C1CCCC1. The summed E-state index contributed by atoms with van der Waals surface area (Å²) in [5.74, 6) is 1.06. The van der Waals surface area contributed by atoms with Gasteiger partial charge in [-0.25, -0.2) is 9.97 Å². The highest BCUT2D eigenvalue weighted by molar-refractivity contribution is 5.97. The van der Waals surface area contributed by atoms with Crippen molar-refractivity contribution >= 4 is 34.4 Å². The van der Waals surface area contributed by atoms with Crippen molar-refractivity contribution in [3.63, 3.8) is 0 Å². The number of carbonyl (C=O) groups is 1. The van der Waals surface area contributed by atoms with E-state index in [-0.39, 0.29) is 24.7 Å². The zero-order valence-corrected chi connectivity index (χ0v) is 19.6. The number of fused-ring (bicyclic) bond motifs is 1. The summed E-state index contributed by atoms with van der Waals surface area (Å²) in [6.07, 6.45) is 7.81. The molecule has 1 saturated heterocycles. The molecule has 2 fully saturated rings. The fraction of sp³-hybridized carbons (Fsp3) is 0.500. The van der Waals surface area contributed by atoms with Gasteiger partial charge in [-0.05, 0) is 31.0 Å². The lowest BCUT2D eigenvalue weighted by Gasteiger charge is -2.33. The van der Waals surface area contributed by atoms with E-state index in [0.29, 0.717) is 30.6 Å². The van der Waals surface area contributed by atoms with Gasteiger partial charge in [0, 0.05) is 44.8 Å². The number of aliphatic hydroxyl groups excluding tert-OH is 1. The van der Waals surface area contributed by atoms with E-state index < -0.39 is 0 Å². The Morgan fingerprint density at radius 3 is 2.76 bits per heavy atom. The molecule has 2 aliphatic rings. The van der Waals surface area contributed by atoms with Crippen molar-refractivity contribution in [1.82, 2.24) is 24.4 Å². The number of aromatic nitrogens is 4. The maximum Gasteiger partial charge on any atom is 0.270 e. The summed E-state index contributed by atoms with van der Waals surface area (Å²) < 4.78 is 7.63. The summed E-state index contributed by atoms with van der Waals surface area (Å²) >= 11 is 0. The second-order valence-corrected chi connectivity index (χ2v) is 9.16. The molecule has 1 aliphatic carbocycles. The van der Waals surface area contributed by atoms with Crippen molar-refractivity contribution in [2.45, 2.75) is 37.8 Å². The van der Waals surface area contributed by atoms with Crippen LogP contribution in [-0.2, 0) is 4.74 Å². The largest absolute Gasteiger partial charge is 0.394 e. The van der Waals surface area contributed by atoms with Gasteiger partial charge in [0.05, 0.1) is 31.2 Å². The molecule has 180 valence electrons. The van der Waals surface area contributed by atoms with Crippen LogP contribution in [0.4, 0.5) is 17.5 Å². The van der Waals surface area contributed by atoms with Crippen LogP contribution in [0.25, 0.3) is 11.0 Å². The van der Waals surface area contributed by atoms with Crippen molar-refractivity contribution in [3.8, 4) is 0 Å². The van der Waals surface area contributed by atoms with Crippen LogP contribution in [0.3, 0.4) is 0 Å². The van der Waals surface area contributed by atoms with Crippen molar-refractivity contribution in [2.24, 2.45) is 0 Å². The van der Waals surface area contributed by atoms with E-state index in [0.717, 1.165) is 48.9 Å². The molecule has 4 heterocycles. The number of hydrogen-bond acceptors (Lipinski definition) is 8. The molecule has 1 amide bonds. The van der Waals surface area contributed by atoms with Crippen LogP contribution in [0.5, 0.6) is 0 Å². The van der Waals surface area contributed by atoms with Crippen LogP contribution in [0.15, 0.2) is 30.6 Å². The lowest BCUT2D eigenvalue weighted by molar-refractivity contribution is 0.00355. The van der Waals surface area contributed by atoms with Gasteiger partial charge in [0.2, 0.25) is 5.95 Å². The van der Waals surface area contributed by atoms with E-state index in [1.165, 1.54) is 0 Å². The molecule has 1 aliphatic heterocycles. The normalized spacial score (nSPS) is 19.0. The molecular formula is C24H31N7O3. The molecule has 34 heavy (non-hydrogen) atoms. The molecule has 3 aromatic rings. The molecule has 10 nitrogen and oxygen atoms in total. The Morgan fingerprint density at radius 1 is 1.24 bits per heavy atom. The minimum absolute atomic E-state index is 0.00776. The summed E-state index contributed by atoms with van der Waals surface area (Å²) in [5, 5.41) is 13.4. The Hall–Kier alpha value is -3.24. The fourth-order valence-corrected chi connectivity index (χ4v) is 4.82. The van der Waals surface area contributed by atoms with Crippen LogP contribution in [-0.4, -0.2) is 81.9 Å². The van der Waals surface area contributed by atoms with E-state index >= 15 is 0 Å². The first-order valence-corrected chi connectivity index (χ1v) is 11.8. The van der Waals surface area contributed by atoms with Gasteiger partial charge >= 0.3 is 0 Å². The standard InChI is InChI=1S/C24H31N7O3/c1-29(2)23(33)20-11-16-12-26-24(28-22(16)31(20)17-5-3-4-6-17)27-21-8-7-18(13-25-21)30-9-10-34-19(14-30)15-32/h7-8,11-13,17,19,32H,3-6,9-10,14-15H2,1-2H3,(H,25,26,27,28)/t19-/m1/s1. The average Bonchev–Trinajstić information content (AvgIpc) is 3.51. The smallest absolute Gasteiger partial charge is 0.270 e. The number of amides is 1. The lowest BCUT2D eigenvalue weighted by atomic mass is 10.2. The molecule has 0 spiro atoms. The second-order valence-electron chi connectivity index (χ2n) is 9.16. The number of morpholine rings is 1. The summed E-state index contributed by atoms with van der Waals surface area (Å²) in [6.45, 7) is 1.99. The summed E-state index contributed by atoms with van der Waals surface area (Å²) in [4.78, 5) is 30.4. The Labute approximate surface area is 198 Å². The highest BCUT2D eigenvalue weighted by atomic mass is 16.5. The Morgan fingerprint density at radius 2 is 2.06 bits per heavy atom. The van der Waals surface area contributed by atoms with Gasteiger partial charge in [0.25, 0.3) is 5.91 Å². The van der Waals surface area contributed by atoms with E-state index in [4.69, 9.17) is 9.72 Å². The lowest BCUT2D eigenvalue weighted by Crippen LogP contribution is -2.44. The molecule has 0 radical (unpaired) electrons. The molecule has 3 aromatic heterocycles. The quantitative estimate of drug-likeness (QED) is 0.572. The number of nitrogens with zero attached hydrogens (tertiary/aromatic N) is 6. The van der Waals surface area contributed by atoms with Gasteiger partial charge < -0.3 is 29.5 Å². The van der Waals surface area contributed by atoms with Crippen LogP contribution in [0.1, 0.15) is 42.2 Å². The molecular weight excluding hydrogens is 434 g/mol. The van der Waals surface area contributed by atoms with E-state index in [1.807, 2.05) is 18.2 Å². The zero-order chi connectivity index (χ0) is 23.7. The molecule has 0 aromatic carbocycles. The molecule has 1 atom stereocenters. The Balaban J connectivity index is 1.40. The van der Waals surface area contributed by atoms with Gasteiger partial charge in [-0.3, -0.25) is 4.79 Å². The first-order valence-electron chi connectivity index (χ1n) is 11.8. The molecule has 1 saturated carbocycles. The van der Waals surface area contributed by atoms with Crippen molar-refractivity contribution in [1.29, 1.82) is 0 Å². The number of carbonyl (C=O) groups excluding carboxylic acids is 1. The van der Waals surface area contributed by atoms with E-state index in [2.05, 4.69) is 24.8 Å². The zero-order valence-electron chi connectivity index (χ0n) is 19.6. The third kappa shape index (κ3) is 4.43. The van der Waals surface area contributed by atoms with Crippen LogP contribution in [0.2, 0.25) is 0 Å². The molecule has 0 bridgehead atoms. The maximum absolute atomic E-state index is 12.9. The monoisotopic (exact) mass is 465 g/mol.